The van der Waals surface area contributed by atoms with Gasteiger partial charge in [0.15, 0.2) is 9.84 Å². The largest absolute Gasteiger partial charge is 0.481 e. The lowest BCUT2D eigenvalue weighted by Gasteiger charge is -2.12. The van der Waals surface area contributed by atoms with E-state index in [0.29, 0.717) is 5.39 Å². The molecule has 0 spiro atoms. The van der Waals surface area contributed by atoms with Crippen LogP contribution in [0.3, 0.4) is 0 Å². The minimum Gasteiger partial charge on any atom is -0.302 e. The highest BCUT2D eigenvalue weighted by atomic mass is 32.2. The van der Waals surface area contributed by atoms with Crippen LogP contribution in [0.5, 0.6) is 0 Å². The normalized spacial score (nSPS) is 15.3. The summed E-state index contributed by atoms with van der Waals surface area (Å²) >= 11 is 0. The second kappa shape index (κ2) is 7.03. The van der Waals surface area contributed by atoms with Crippen molar-refractivity contribution in [2.45, 2.75) is 4.90 Å². The highest BCUT2D eigenvalue weighted by molar-refractivity contribution is 7.91. The Labute approximate surface area is 137 Å². The highest BCUT2D eigenvalue weighted by Crippen LogP contribution is 2.57. The number of rotatable bonds is 7. The lowest BCUT2D eigenvalue weighted by atomic mass is 10.1. The second-order valence-corrected chi connectivity index (χ2v) is 9.64. The number of fused-ring (bicyclic) bond motifs is 1. The summed E-state index contributed by atoms with van der Waals surface area (Å²) in [7, 11) is -14.1. The summed E-state index contributed by atoms with van der Waals surface area (Å²) in [6, 6.07) is 11.6. The van der Waals surface area contributed by atoms with E-state index in [1.54, 1.807) is 18.2 Å². The smallest absolute Gasteiger partial charge is 0.302 e. The lowest BCUT2D eigenvalue weighted by molar-refractivity contribution is 0.185. The van der Waals surface area contributed by atoms with Gasteiger partial charge in [-0.15, -0.1) is 0 Å². The van der Waals surface area contributed by atoms with Gasteiger partial charge in [0.2, 0.25) is 0 Å². The van der Waals surface area contributed by atoms with Crippen LogP contribution in [0.2, 0.25) is 0 Å². The molecule has 1 unspecified atom stereocenters. The van der Waals surface area contributed by atoms with Gasteiger partial charge in [0.25, 0.3) is 0 Å². The summed E-state index contributed by atoms with van der Waals surface area (Å²) in [5.74, 6) is -0.666. The van der Waals surface area contributed by atoms with Crippen LogP contribution in [0.1, 0.15) is 0 Å². The Morgan fingerprint density at radius 3 is 2.21 bits per heavy atom. The number of hydrogen-bond acceptors (Lipinski definition) is 6. The first-order chi connectivity index (χ1) is 11.0. The Morgan fingerprint density at radius 2 is 1.58 bits per heavy atom. The first-order valence-corrected chi connectivity index (χ1v) is 11.1. The van der Waals surface area contributed by atoms with Crippen molar-refractivity contribution in [1.82, 2.24) is 0 Å². The van der Waals surface area contributed by atoms with Crippen molar-refractivity contribution in [1.29, 1.82) is 0 Å². The summed E-state index contributed by atoms with van der Waals surface area (Å²) in [4.78, 5) is 26.0. The van der Waals surface area contributed by atoms with Crippen molar-refractivity contribution in [3.8, 4) is 0 Å². The first-order valence-electron chi connectivity index (χ1n) is 6.44. The van der Waals surface area contributed by atoms with Gasteiger partial charge in [-0.05, 0) is 22.9 Å². The molecule has 0 aliphatic heterocycles. The molecule has 0 radical (unpaired) electrons. The van der Waals surface area contributed by atoms with Crippen molar-refractivity contribution in [2.75, 3.05) is 12.4 Å². The number of sulfone groups is 1. The van der Waals surface area contributed by atoms with E-state index in [1.165, 1.54) is 12.1 Å². The van der Waals surface area contributed by atoms with Gasteiger partial charge >= 0.3 is 15.6 Å². The van der Waals surface area contributed by atoms with Gasteiger partial charge in [-0.25, -0.2) is 17.5 Å². The van der Waals surface area contributed by atoms with E-state index < -0.39 is 37.8 Å². The number of phosphoric acid groups is 2. The summed E-state index contributed by atoms with van der Waals surface area (Å²) in [6.07, 6.45) is 0. The fraction of sp³-hybridized carbons (Fsp3) is 0.167. The number of phosphoric ester groups is 1. The molecule has 0 amide bonds. The fourth-order valence-corrected chi connectivity index (χ4v) is 4.73. The van der Waals surface area contributed by atoms with Crippen molar-refractivity contribution in [3.05, 3.63) is 42.5 Å². The van der Waals surface area contributed by atoms with Crippen LogP contribution in [-0.2, 0) is 27.8 Å². The molecule has 0 saturated carbocycles. The molecule has 2 rings (SSSR count). The molecule has 9 nitrogen and oxygen atoms in total. The van der Waals surface area contributed by atoms with Crippen LogP contribution < -0.4 is 0 Å². The summed E-state index contributed by atoms with van der Waals surface area (Å²) in [6.45, 7) is -0.775. The molecule has 0 fully saturated rings. The zero-order chi connectivity index (χ0) is 18.0. The topological polar surface area (TPSA) is 147 Å². The maximum Gasteiger partial charge on any atom is 0.481 e. The van der Waals surface area contributed by atoms with Crippen LogP contribution >= 0.6 is 15.6 Å². The average molecular weight is 396 g/mol. The molecule has 0 aromatic heterocycles. The predicted octanol–water partition coefficient (Wildman–Crippen LogP) is 1.84. The molecule has 0 heterocycles. The van der Waals surface area contributed by atoms with Gasteiger partial charge in [0.05, 0.1) is 17.3 Å². The third-order valence-electron chi connectivity index (χ3n) is 2.90. The third kappa shape index (κ3) is 5.47. The van der Waals surface area contributed by atoms with E-state index in [9.17, 15) is 17.5 Å². The molecular formula is C12H14O9P2S. The third-order valence-corrected chi connectivity index (χ3v) is 6.76. The van der Waals surface area contributed by atoms with Gasteiger partial charge in [0, 0.05) is 0 Å². The molecular weight excluding hydrogens is 382 g/mol. The molecule has 132 valence electrons. The zero-order valence-electron chi connectivity index (χ0n) is 12.0. The van der Waals surface area contributed by atoms with Crippen molar-refractivity contribution in [3.63, 3.8) is 0 Å². The van der Waals surface area contributed by atoms with E-state index in [1.807, 2.05) is 12.1 Å². The van der Waals surface area contributed by atoms with E-state index in [4.69, 9.17) is 14.7 Å². The maximum absolute atomic E-state index is 12.2. The Morgan fingerprint density at radius 1 is 0.958 bits per heavy atom. The van der Waals surface area contributed by atoms with Crippen molar-refractivity contribution < 1.29 is 41.1 Å². The number of hydrogen-bond donors (Lipinski definition) is 3. The second-order valence-electron chi connectivity index (χ2n) is 4.70. The molecule has 1 atom stereocenters. The van der Waals surface area contributed by atoms with E-state index in [2.05, 4.69) is 8.83 Å². The summed E-state index contributed by atoms with van der Waals surface area (Å²) < 4.78 is 54.0. The lowest BCUT2D eigenvalue weighted by Crippen LogP contribution is -2.12. The summed E-state index contributed by atoms with van der Waals surface area (Å²) in [5, 5.41) is 1.56. The Kier molecular flexibility index (Phi) is 5.64. The molecule has 2 aromatic carbocycles. The quantitative estimate of drug-likeness (QED) is 0.596. The van der Waals surface area contributed by atoms with Crippen LogP contribution in [0, 0.1) is 0 Å². The van der Waals surface area contributed by atoms with Crippen LogP contribution in [0.4, 0.5) is 0 Å². The fourth-order valence-electron chi connectivity index (χ4n) is 1.90. The Balaban J connectivity index is 2.08. The van der Waals surface area contributed by atoms with Crippen molar-refractivity contribution >= 4 is 36.3 Å². The molecule has 0 aliphatic rings. The van der Waals surface area contributed by atoms with E-state index in [-0.39, 0.29) is 4.90 Å². The van der Waals surface area contributed by atoms with Gasteiger partial charge < -0.3 is 14.7 Å². The van der Waals surface area contributed by atoms with Gasteiger partial charge in [0.1, 0.15) is 0 Å². The van der Waals surface area contributed by atoms with E-state index >= 15 is 0 Å². The first kappa shape index (κ1) is 19.2. The molecule has 24 heavy (non-hydrogen) atoms. The standard InChI is InChI=1S/C12H14O9P2S/c13-22(14,15)21-23(16,17)20-7-8-24(18,19)12-6-5-10-3-1-2-4-11(10)9-12/h1-6,9H,7-8H2,(H,16,17)(H2,13,14,15). The monoisotopic (exact) mass is 396 g/mol. The molecule has 2 aromatic rings. The summed E-state index contributed by atoms with van der Waals surface area (Å²) in [5.41, 5.74) is 0. The predicted molar refractivity (Wildman–Crippen MR) is 84.9 cm³/mol. The molecule has 0 bridgehead atoms. The Bertz CT molecular complexity index is 934. The molecule has 12 heteroatoms. The highest BCUT2D eigenvalue weighted by Gasteiger charge is 2.32. The van der Waals surface area contributed by atoms with Crippen LogP contribution in [0.15, 0.2) is 47.4 Å². The molecule has 0 saturated heterocycles. The Hall–Kier alpha value is -1.09. The SMILES string of the molecule is O=P(O)(O)OP(=O)(O)OCCS(=O)(=O)c1ccc2ccccc2c1. The average Bonchev–Trinajstić information content (AvgIpc) is 2.43. The molecule has 3 N–H and O–H groups in total. The van der Waals surface area contributed by atoms with Crippen LogP contribution in [0.25, 0.3) is 10.8 Å². The van der Waals surface area contributed by atoms with Crippen molar-refractivity contribution in [2.24, 2.45) is 0 Å². The van der Waals surface area contributed by atoms with Gasteiger partial charge in [-0.1, -0.05) is 30.3 Å². The van der Waals surface area contributed by atoms with Gasteiger partial charge in [-0.3, -0.25) is 4.52 Å². The van der Waals surface area contributed by atoms with E-state index in [0.717, 1.165) is 5.39 Å². The van der Waals surface area contributed by atoms with Crippen LogP contribution in [-0.4, -0.2) is 35.5 Å². The van der Waals surface area contributed by atoms with Gasteiger partial charge in [-0.2, -0.15) is 4.31 Å². The molecule has 0 aliphatic carbocycles. The zero-order valence-corrected chi connectivity index (χ0v) is 14.7. The minimum absolute atomic E-state index is 0.00604. The number of benzene rings is 2. The maximum atomic E-state index is 12.2. The minimum atomic E-state index is -5.24.